The predicted octanol–water partition coefficient (Wildman–Crippen LogP) is 2.99. The second kappa shape index (κ2) is 5.47. The summed E-state index contributed by atoms with van der Waals surface area (Å²) in [5, 5.41) is 3.31. The first-order chi connectivity index (χ1) is 6.86. The summed E-state index contributed by atoms with van der Waals surface area (Å²) >= 11 is 0. The number of hydrogen-bond donors (Lipinski definition) is 0. The molecule has 1 aromatic rings. The summed E-state index contributed by atoms with van der Waals surface area (Å²) in [6.45, 7) is 3.86. The lowest BCUT2D eigenvalue weighted by molar-refractivity contribution is 1.25. The number of rotatable bonds is 2. The minimum atomic E-state index is 0.208. The highest BCUT2D eigenvalue weighted by atomic mass is 15.1. The average Bonchev–Trinajstić information content (AvgIpc) is 2.25. The third-order valence-corrected chi connectivity index (χ3v) is 1.59. The van der Waals surface area contributed by atoms with E-state index in [1.54, 1.807) is 6.08 Å². The smallest absolute Gasteiger partial charge is 0.0880 e. The van der Waals surface area contributed by atoms with Crippen LogP contribution in [-0.2, 0) is 0 Å². The molecule has 1 rings (SSSR count). The van der Waals surface area contributed by atoms with Crippen LogP contribution in [0.2, 0.25) is 0 Å². The zero-order chi connectivity index (χ0) is 10.2. The topological polar surface area (TPSA) is 48.8 Å². The van der Waals surface area contributed by atoms with E-state index in [-0.39, 0.29) is 6.54 Å². The molecule has 1 aromatic carbocycles. The average molecular weight is 183 g/mol. The molecule has 0 atom stereocenters. The molecule has 3 heteroatoms. The monoisotopic (exact) mass is 183 g/mol. The maximum atomic E-state index is 8.01. The maximum absolute atomic E-state index is 8.01. The molecule has 0 spiro atoms. The molecule has 0 amide bonds. The van der Waals surface area contributed by atoms with Crippen molar-refractivity contribution >= 4 is 6.08 Å². The highest BCUT2D eigenvalue weighted by molar-refractivity contribution is 5.49. The van der Waals surface area contributed by atoms with Crippen molar-refractivity contribution in [3.05, 3.63) is 52.4 Å². The Labute approximate surface area is 82.7 Å². The van der Waals surface area contributed by atoms with Crippen LogP contribution in [0, 0.1) is 11.8 Å². The Balaban J connectivity index is 2.71. The van der Waals surface area contributed by atoms with Gasteiger partial charge in [0.05, 0.1) is 6.54 Å². The molecule has 0 bridgehead atoms. The lowest BCUT2D eigenvalue weighted by Crippen LogP contribution is -1.76. The number of nitrogens with zero attached hydrogens (tertiary/aromatic N) is 3. The molecule has 0 saturated carbocycles. The molecule has 14 heavy (non-hydrogen) atoms. The molecule has 68 valence electrons. The zero-order valence-electron chi connectivity index (χ0n) is 7.64. The van der Waals surface area contributed by atoms with Crippen LogP contribution in [0.15, 0.2) is 36.0 Å². The second-order valence-electron chi connectivity index (χ2n) is 2.52. The Hall–Kier alpha value is -2.17. The molecular weight excluding hydrogens is 174 g/mol. The van der Waals surface area contributed by atoms with Gasteiger partial charge in [0.2, 0.25) is 0 Å². The molecule has 0 unspecified atom stereocenters. The van der Waals surface area contributed by atoms with Gasteiger partial charge in [0.1, 0.15) is 0 Å². The van der Waals surface area contributed by atoms with Crippen LogP contribution in [0.3, 0.4) is 0 Å². The van der Waals surface area contributed by atoms with E-state index < -0.39 is 0 Å². The van der Waals surface area contributed by atoms with Crippen molar-refractivity contribution in [3.63, 3.8) is 0 Å². The van der Waals surface area contributed by atoms with Crippen LogP contribution < -0.4 is 0 Å². The fourth-order valence-electron chi connectivity index (χ4n) is 0.911. The number of azide groups is 1. The standard InChI is InChI=1S/C11H9N3/c1-2-10-5-7-11(8-6-10)4-3-9-13-14-12/h2,5-8H,1,9H2. The Bertz CT molecular complexity index is 414. The third kappa shape index (κ3) is 3.06. The van der Waals surface area contributed by atoms with Crippen molar-refractivity contribution in [3.8, 4) is 11.8 Å². The Morgan fingerprint density at radius 3 is 2.71 bits per heavy atom. The Morgan fingerprint density at radius 2 is 2.14 bits per heavy atom. The SMILES string of the molecule is C=Cc1ccc(C#CCN=[N+]=[N-])cc1. The molecular formula is C11H9N3. The molecule has 0 aliphatic carbocycles. The van der Waals surface area contributed by atoms with Crippen LogP contribution >= 0.6 is 0 Å². The summed E-state index contributed by atoms with van der Waals surface area (Å²) in [6.07, 6.45) is 1.77. The van der Waals surface area contributed by atoms with Crippen LogP contribution in [0.5, 0.6) is 0 Å². The van der Waals surface area contributed by atoms with Gasteiger partial charge in [0.25, 0.3) is 0 Å². The highest BCUT2D eigenvalue weighted by Crippen LogP contribution is 2.03. The summed E-state index contributed by atoms with van der Waals surface area (Å²) in [7, 11) is 0. The Morgan fingerprint density at radius 1 is 1.43 bits per heavy atom. The highest BCUT2D eigenvalue weighted by Gasteiger charge is 1.86. The van der Waals surface area contributed by atoms with Crippen molar-refractivity contribution in [1.82, 2.24) is 0 Å². The van der Waals surface area contributed by atoms with E-state index in [2.05, 4.69) is 28.4 Å². The van der Waals surface area contributed by atoms with Gasteiger partial charge >= 0.3 is 0 Å². The van der Waals surface area contributed by atoms with E-state index in [9.17, 15) is 0 Å². The van der Waals surface area contributed by atoms with Crippen LogP contribution in [0.1, 0.15) is 11.1 Å². The van der Waals surface area contributed by atoms with Gasteiger partial charge in [-0.3, -0.25) is 0 Å². The normalized spacial score (nSPS) is 8.00. The van der Waals surface area contributed by atoms with Crippen molar-refractivity contribution in [2.45, 2.75) is 0 Å². The molecule has 3 nitrogen and oxygen atoms in total. The van der Waals surface area contributed by atoms with E-state index in [1.807, 2.05) is 24.3 Å². The lowest BCUT2D eigenvalue weighted by Gasteiger charge is -1.91. The minimum absolute atomic E-state index is 0.208. The van der Waals surface area contributed by atoms with Crippen molar-refractivity contribution in [2.75, 3.05) is 6.54 Å². The van der Waals surface area contributed by atoms with E-state index in [0.29, 0.717) is 0 Å². The van der Waals surface area contributed by atoms with Gasteiger partial charge < -0.3 is 0 Å². The van der Waals surface area contributed by atoms with Crippen LogP contribution in [0.4, 0.5) is 0 Å². The van der Waals surface area contributed by atoms with Gasteiger partial charge in [-0.1, -0.05) is 41.7 Å². The summed E-state index contributed by atoms with van der Waals surface area (Å²) < 4.78 is 0. The van der Waals surface area contributed by atoms with Crippen molar-refractivity contribution in [1.29, 1.82) is 0 Å². The number of hydrogen-bond acceptors (Lipinski definition) is 1. The largest absolute Gasteiger partial charge is 0.0985 e. The van der Waals surface area contributed by atoms with Gasteiger partial charge in [0.15, 0.2) is 0 Å². The summed E-state index contributed by atoms with van der Waals surface area (Å²) in [4.78, 5) is 2.60. The quantitative estimate of drug-likeness (QED) is 0.293. The van der Waals surface area contributed by atoms with Gasteiger partial charge in [-0.05, 0) is 23.2 Å². The van der Waals surface area contributed by atoms with Gasteiger partial charge in [0, 0.05) is 10.5 Å². The van der Waals surface area contributed by atoms with Gasteiger partial charge in [-0.15, -0.1) is 0 Å². The first kappa shape index (κ1) is 9.91. The van der Waals surface area contributed by atoms with E-state index in [1.165, 1.54) is 0 Å². The van der Waals surface area contributed by atoms with Gasteiger partial charge in [-0.2, -0.15) is 0 Å². The zero-order valence-corrected chi connectivity index (χ0v) is 7.64. The van der Waals surface area contributed by atoms with E-state index in [0.717, 1.165) is 11.1 Å². The van der Waals surface area contributed by atoms with E-state index >= 15 is 0 Å². The summed E-state index contributed by atoms with van der Waals surface area (Å²) in [6, 6.07) is 7.68. The molecule has 0 heterocycles. The van der Waals surface area contributed by atoms with Crippen molar-refractivity contribution in [2.24, 2.45) is 5.11 Å². The molecule has 0 N–H and O–H groups in total. The molecule has 0 fully saturated rings. The molecule has 0 saturated heterocycles. The van der Waals surface area contributed by atoms with Crippen molar-refractivity contribution < 1.29 is 0 Å². The maximum Gasteiger partial charge on any atom is 0.0880 e. The van der Waals surface area contributed by atoms with Crippen LogP contribution in [0.25, 0.3) is 16.5 Å². The molecule has 0 aromatic heterocycles. The van der Waals surface area contributed by atoms with Crippen LogP contribution in [-0.4, -0.2) is 6.54 Å². The number of benzene rings is 1. The first-order valence-corrected chi connectivity index (χ1v) is 4.09. The fourth-order valence-corrected chi connectivity index (χ4v) is 0.911. The molecule has 0 radical (unpaired) electrons. The Kier molecular flexibility index (Phi) is 3.87. The molecule has 0 aliphatic rings. The summed E-state index contributed by atoms with van der Waals surface area (Å²) in [5.41, 5.74) is 9.98. The fraction of sp³-hybridized carbons (Fsp3) is 0.0909. The second-order valence-corrected chi connectivity index (χ2v) is 2.52. The third-order valence-electron chi connectivity index (χ3n) is 1.59. The van der Waals surface area contributed by atoms with E-state index in [4.69, 9.17) is 5.53 Å². The minimum Gasteiger partial charge on any atom is -0.0985 e. The van der Waals surface area contributed by atoms with Gasteiger partial charge in [-0.25, -0.2) is 0 Å². The summed E-state index contributed by atoms with van der Waals surface area (Å²) in [5.74, 6) is 5.63. The first-order valence-electron chi connectivity index (χ1n) is 4.09. The lowest BCUT2D eigenvalue weighted by atomic mass is 10.1. The molecule has 0 aliphatic heterocycles. The predicted molar refractivity (Wildman–Crippen MR) is 57.4 cm³/mol.